The van der Waals surface area contributed by atoms with Crippen molar-refractivity contribution < 1.29 is 71.4 Å². The highest BCUT2D eigenvalue weighted by atomic mass is 16.8. The van der Waals surface area contributed by atoms with Gasteiger partial charge in [-0.3, -0.25) is 14.4 Å². The number of fused-ring (bicyclic) bond motifs is 1. The van der Waals surface area contributed by atoms with Crippen LogP contribution in [0.2, 0.25) is 0 Å². The van der Waals surface area contributed by atoms with Crippen LogP contribution in [-0.2, 0) is 76.8 Å². The summed E-state index contributed by atoms with van der Waals surface area (Å²) in [6.07, 6.45) is -9.07. The lowest BCUT2D eigenvalue weighted by molar-refractivity contribution is -0.234. The summed E-state index contributed by atoms with van der Waals surface area (Å²) in [5.74, 6) is -4.07. The number of hydrogen-bond donors (Lipinski definition) is 3. The minimum absolute atomic E-state index is 0.0413. The first-order valence-corrected chi connectivity index (χ1v) is 17.8. The van der Waals surface area contributed by atoms with Crippen molar-refractivity contribution in [2.24, 2.45) is 0 Å². The molecule has 2 heterocycles. The lowest BCUT2D eigenvalue weighted by atomic mass is 10.1. The molecule has 2 aliphatic rings. The number of esters is 3. The van der Waals surface area contributed by atoms with E-state index in [1.165, 1.54) is 0 Å². The molecule has 0 bridgehead atoms. The zero-order chi connectivity index (χ0) is 40.6. The Kier molecular flexibility index (Phi) is 15.2. The van der Waals surface area contributed by atoms with Crippen LogP contribution in [0.15, 0.2) is 91.0 Å². The quantitative estimate of drug-likeness (QED) is 0.132. The summed E-state index contributed by atoms with van der Waals surface area (Å²) in [6.45, 7) is 0.473. The highest BCUT2D eigenvalue weighted by Gasteiger charge is 2.59. The van der Waals surface area contributed by atoms with Crippen molar-refractivity contribution in [2.75, 3.05) is 26.2 Å². The third kappa shape index (κ3) is 13.8. The number of ether oxygens (including phenoxy) is 9. The maximum atomic E-state index is 13.1. The monoisotopic (exact) mass is 793 g/mol. The Balaban J connectivity index is 1.20. The lowest BCUT2D eigenvalue weighted by Crippen LogP contribution is -2.49. The molecule has 0 radical (unpaired) electrons. The van der Waals surface area contributed by atoms with Crippen molar-refractivity contribution in [1.29, 1.82) is 0 Å². The summed E-state index contributed by atoms with van der Waals surface area (Å²) in [6, 6.07) is 26.6. The van der Waals surface area contributed by atoms with Gasteiger partial charge in [-0.05, 0) is 30.5 Å². The molecule has 2 saturated heterocycles. The minimum atomic E-state index is -1.49. The summed E-state index contributed by atoms with van der Waals surface area (Å²) >= 11 is 0. The van der Waals surface area contributed by atoms with E-state index >= 15 is 0 Å². The fourth-order valence-electron chi connectivity index (χ4n) is 5.52. The molecular formula is C39H43N3O15. The molecule has 3 aromatic rings. The van der Waals surface area contributed by atoms with Gasteiger partial charge in [-0.15, -0.1) is 0 Å². The molecule has 18 heteroatoms. The van der Waals surface area contributed by atoms with E-state index < -0.39 is 98.9 Å². The van der Waals surface area contributed by atoms with E-state index in [0.717, 1.165) is 11.1 Å². The fourth-order valence-corrected chi connectivity index (χ4v) is 5.52. The fraction of sp³-hybridized carbons (Fsp3) is 0.385. The molecule has 0 saturated carbocycles. The van der Waals surface area contributed by atoms with Gasteiger partial charge in [-0.2, -0.15) is 0 Å². The van der Waals surface area contributed by atoms with Crippen LogP contribution in [-0.4, -0.2) is 98.9 Å². The van der Waals surface area contributed by atoms with Crippen LogP contribution in [0.25, 0.3) is 0 Å². The molecule has 3 amide bonds. The molecule has 3 aromatic carbocycles. The number of benzene rings is 3. The van der Waals surface area contributed by atoms with Gasteiger partial charge >= 0.3 is 36.2 Å². The molecule has 3 N–H and O–H groups in total. The summed E-state index contributed by atoms with van der Waals surface area (Å²) in [5.41, 5.74) is 2.17. The van der Waals surface area contributed by atoms with Gasteiger partial charge in [0, 0.05) is 0 Å². The van der Waals surface area contributed by atoms with E-state index in [1.807, 2.05) is 12.1 Å². The molecule has 5 rings (SSSR count). The summed E-state index contributed by atoms with van der Waals surface area (Å²) in [7, 11) is 0. The number of hydrogen-bond acceptors (Lipinski definition) is 15. The van der Waals surface area contributed by atoms with Crippen LogP contribution >= 0.6 is 0 Å². The van der Waals surface area contributed by atoms with Gasteiger partial charge in [-0.1, -0.05) is 91.0 Å². The van der Waals surface area contributed by atoms with Crippen molar-refractivity contribution in [1.82, 2.24) is 16.0 Å². The number of rotatable bonds is 17. The largest absolute Gasteiger partial charge is 0.460 e. The molecule has 0 unspecified atom stereocenters. The Morgan fingerprint density at radius 1 is 0.596 bits per heavy atom. The third-order valence-corrected chi connectivity index (χ3v) is 8.12. The summed E-state index contributed by atoms with van der Waals surface area (Å²) in [5, 5.41) is 6.86. The van der Waals surface area contributed by atoms with Gasteiger partial charge in [0.1, 0.15) is 52.2 Å². The molecular weight excluding hydrogens is 750 g/mol. The molecule has 5 atom stereocenters. The second-order valence-corrected chi connectivity index (χ2v) is 13.0. The first-order chi connectivity index (χ1) is 27.4. The Morgan fingerprint density at radius 2 is 1.04 bits per heavy atom. The molecule has 18 nitrogen and oxygen atoms in total. The third-order valence-electron chi connectivity index (χ3n) is 8.12. The van der Waals surface area contributed by atoms with Gasteiger partial charge < -0.3 is 58.6 Å². The highest BCUT2D eigenvalue weighted by Crippen LogP contribution is 2.40. The van der Waals surface area contributed by atoms with Crippen molar-refractivity contribution in [2.45, 2.75) is 70.2 Å². The van der Waals surface area contributed by atoms with E-state index in [0.29, 0.717) is 5.56 Å². The van der Waals surface area contributed by atoms with Crippen molar-refractivity contribution in [3.8, 4) is 0 Å². The van der Waals surface area contributed by atoms with Gasteiger partial charge in [0.05, 0.1) is 0 Å². The van der Waals surface area contributed by atoms with Crippen LogP contribution < -0.4 is 16.0 Å². The predicted molar refractivity (Wildman–Crippen MR) is 193 cm³/mol. The summed E-state index contributed by atoms with van der Waals surface area (Å²) in [4.78, 5) is 75.7. The summed E-state index contributed by atoms with van der Waals surface area (Å²) < 4.78 is 49.8. The molecule has 2 fully saturated rings. The van der Waals surface area contributed by atoms with Gasteiger partial charge in [-0.25, -0.2) is 14.4 Å². The maximum absolute atomic E-state index is 13.1. The van der Waals surface area contributed by atoms with E-state index in [2.05, 4.69) is 16.0 Å². The van der Waals surface area contributed by atoms with E-state index in [9.17, 15) is 28.8 Å². The standard InChI is InChI=1S/C39H43N3O15/c1-39(2)56-34-33(54-31(45)20-42-38(48)52-23-27-16-10-5-11-17-27)32(55-35(34)57-39)28(53-30(44)19-41-37(47)51-22-26-14-8-4-9-15-26)24-49-29(43)18-40-36(46)50-21-25-12-6-3-7-13-25/h3-17,28,32-35H,18-24H2,1-2H3,(H,40,46)(H,41,47)(H,42,48)/t28-,32+,33+,34-,35-/m0/s1. The molecule has 57 heavy (non-hydrogen) atoms. The van der Waals surface area contributed by atoms with Crippen LogP contribution in [0.1, 0.15) is 30.5 Å². The Morgan fingerprint density at radius 3 is 1.51 bits per heavy atom. The van der Waals surface area contributed by atoms with Crippen molar-refractivity contribution >= 4 is 36.2 Å². The molecule has 0 aliphatic carbocycles. The Hall–Kier alpha value is -6.24. The number of alkyl carbamates (subject to hydrolysis) is 3. The number of carbonyl (C=O) groups is 6. The average molecular weight is 794 g/mol. The number of carbonyl (C=O) groups excluding carboxylic acids is 6. The topological polar surface area (TPSA) is 222 Å². The maximum Gasteiger partial charge on any atom is 0.407 e. The Labute approximate surface area is 327 Å². The molecule has 2 aliphatic heterocycles. The van der Waals surface area contributed by atoms with Gasteiger partial charge in [0.25, 0.3) is 0 Å². The molecule has 0 spiro atoms. The highest BCUT2D eigenvalue weighted by molar-refractivity contribution is 5.79. The van der Waals surface area contributed by atoms with E-state index in [4.69, 9.17) is 42.6 Å². The second-order valence-electron chi connectivity index (χ2n) is 13.0. The number of nitrogens with one attached hydrogen (secondary N) is 3. The van der Waals surface area contributed by atoms with E-state index in [-0.39, 0.29) is 19.8 Å². The Bertz CT molecular complexity index is 1810. The lowest BCUT2D eigenvalue weighted by Gasteiger charge is -2.30. The SMILES string of the molecule is CC1(C)O[C@@H]2O[C@H]([C@H](COC(=O)CNC(=O)OCc3ccccc3)OC(=O)CNC(=O)OCc3ccccc3)[C@@H](OC(=O)CNC(=O)OCc3ccccc3)[C@@H]2O1. The normalized spacial score (nSPS) is 19.5. The van der Waals surface area contributed by atoms with Gasteiger partial charge in [0.15, 0.2) is 30.4 Å². The van der Waals surface area contributed by atoms with Crippen molar-refractivity contribution in [3.63, 3.8) is 0 Å². The van der Waals surface area contributed by atoms with Gasteiger partial charge in [0.2, 0.25) is 0 Å². The predicted octanol–water partition coefficient (Wildman–Crippen LogP) is 3.01. The average Bonchev–Trinajstić information content (AvgIpc) is 3.69. The first kappa shape index (κ1) is 41.9. The van der Waals surface area contributed by atoms with Crippen LogP contribution in [0.3, 0.4) is 0 Å². The number of amides is 3. The first-order valence-electron chi connectivity index (χ1n) is 17.8. The molecule has 304 valence electrons. The van der Waals surface area contributed by atoms with E-state index in [1.54, 1.807) is 92.7 Å². The minimum Gasteiger partial charge on any atom is -0.460 e. The second kappa shape index (κ2) is 20.6. The van der Waals surface area contributed by atoms with Crippen LogP contribution in [0, 0.1) is 0 Å². The molecule has 0 aromatic heterocycles. The zero-order valence-corrected chi connectivity index (χ0v) is 31.1. The van der Waals surface area contributed by atoms with Crippen LogP contribution in [0.5, 0.6) is 0 Å². The van der Waals surface area contributed by atoms with Crippen LogP contribution in [0.4, 0.5) is 14.4 Å². The van der Waals surface area contributed by atoms with Crippen molar-refractivity contribution in [3.05, 3.63) is 108 Å². The smallest absolute Gasteiger partial charge is 0.407 e. The zero-order valence-electron chi connectivity index (χ0n) is 31.1.